The largest absolute Gasteiger partial charge is 0.465 e. The standard InChI is InChI=1S/C23H16Cl2N2O4/c1-13-18(22(28)27(26-13)16-6-8-19(24)20(25)11-16)12-17-7-9-21(31-17)14-4-3-5-15(10-14)23(29)30-2/h3-12H,1-2H3/b18-12-. The highest BCUT2D eigenvalue weighted by atomic mass is 35.5. The molecule has 1 aromatic heterocycles. The van der Waals surface area contributed by atoms with Crippen molar-refractivity contribution < 1.29 is 18.7 Å². The molecule has 31 heavy (non-hydrogen) atoms. The van der Waals surface area contributed by atoms with Gasteiger partial charge in [0.2, 0.25) is 0 Å². The lowest BCUT2D eigenvalue weighted by molar-refractivity contribution is -0.114. The van der Waals surface area contributed by atoms with E-state index < -0.39 is 5.97 Å². The van der Waals surface area contributed by atoms with Gasteiger partial charge in [-0.05, 0) is 55.5 Å². The molecule has 0 bridgehead atoms. The molecule has 0 N–H and O–H groups in total. The van der Waals surface area contributed by atoms with Crippen LogP contribution in [0.25, 0.3) is 17.4 Å². The molecule has 2 aromatic carbocycles. The SMILES string of the molecule is COC(=O)c1cccc(-c2ccc(/C=C3\C(=O)N(c4ccc(Cl)c(Cl)c4)N=C3C)o2)c1. The van der Waals surface area contributed by atoms with Crippen molar-refractivity contribution in [1.82, 2.24) is 0 Å². The van der Waals surface area contributed by atoms with E-state index >= 15 is 0 Å². The van der Waals surface area contributed by atoms with Gasteiger partial charge in [0.15, 0.2) is 0 Å². The number of amides is 1. The van der Waals surface area contributed by atoms with Crippen LogP contribution < -0.4 is 5.01 Å². The zero-order valence-electron chi connectivity index (χ0n) is 16.6. The Morgan fingerprint density at radius 2 is 1.90 bits per heavy atom. The molecule has 1 aliphatic rings. The number of halogens is 2. The third-order valence-corrected chi connectivity index (χ3v) is 5.43. The molecule has 3 aromatic rings. The van der Waals surface area contributed by atoms with E-state index in [4.69, 9.17) is 32.4 Å². The number of ether oxygens (including phenoxy) is 1. The maximum atomic E-state index is 12.9. The van der Waals surface area contributed by atoms with Crippen molar-refractivity contribution in [3.63, 3.8) is 0 Å². The summed E-state index contributed by atoms with van der Waals surface area (Å²) in [5, 5.41) is 6.33. The molecule has 2 heterocycles. The predicted molar refractivity (Wildman–Crippen MR) is 121 cm³/mol. The van der Waals surface area contributed by atoms with Gasteiger partial charge in [0.25, 0.3) is 5.91 Å². The molecule has 1 amide bonds. The zero-order chi connectivity index (χ0) is 22.1. The smallest absolute Gasteiger partial charge is 0.337 e. The first-order valence-electron chi connectivity index (χ1n) is 9.23. The minimum atomic E-state index is -0.429. The van der Waals surface area contributed by atoms with E-state index in [0.29, 0.717) is 49.7 Å². The fraction of sp³-hybridized carbons (Fsp3) is 0.0870. The number of benzene rings is 2. The van der Waals surface area contributed by atoms with Gasteiger partial charge in [-0.15, -0.1) is 0 Å². The Hall–Kier alpha value is -3.35. The van der Waals surface area contributed by atoms with E-state index in [1.54, 1.807) is 61.5 Å². The summed E-state index contributed by atoms with van der Waals surface area (Å²) in [6.45, 7) is 1.74. The van der Waals surface area contributed by atoms with Crippen molar-refractivity contribution in [3.05, 3.63) is 81.5 Å². The van der Waals surface area contributed by atoms with Gasteiger partial charge < -0.3 is 9.15 Å². The van der Waals surface area contributed by atoms with Crippen LogP contribution >= 0.6 is 23.2 Å². The molecule has 0 unspecified atom stereocenters. The van der Waals surface area contributed by atoms with Gasteiger partial charge in [-0.25, -0.2) is 4.79 Å². The van der Waals surface area contributed by atoms with Crippen molar-refractivity contribution in [2.75, 3.05) is 12.1 Å². The number of nitrogens with zero attached hydrogens (tertiary/aromatic N) is 2. The molecule has 156 valence electrons. The fourth-order valence-corrected chi connectivity index (χ4v) is 3.41. The Morgan fingerprint density at radius 3 is 2.65 bits per heavy atom. The summed E-state index contributed by atoms with van der Waals surface area (Å²) in [6, 6.07) is 15.3. The minimum Gasteiger partial charge on any atom is -0.465 e. The average molecular weight is 455 g/mol. The molecular weight excluding hydrogens is 439 g/mol. The average Bonchev–Trinajstić information content (AvgIpc) is 3.35. The highest BCUT2D eigenvalue weighted by molar-refractivity contribution is 6.42. The van der Waals surface area contributed by atoms with Crippen molar-refractivity contribution in [2.45, 2.75) is 6.92 Å². The highest BCUT2D eigenvalue weighted by Crippen LogP contribution is 2.31. The number of carbonyl (C=O) groups is 2. The molecular formula is C23H16Cl2N2O4. The highest BCUT2D eigenvalue weighted by Gasteiger charge is 2.29. The van der Waals surface area contributed by atoms with Crippen LogP contribution in [-0.4, -0.2) is 24.7 Å². The van der Waals surface area contributed by atoms with E-state index in [9.17, 15) is 9.59 Å². The molecule has 1 aliphatic heterocycles. The predicted octanol–water partition coefficient (Wildman–Crippen LogP) is 5.85. The van der Waals surface area contributed by atoms with E-state index in [-0.39, 0.29) is 5.91 Å². The molecule has 6 nitrogen and oxygen atoms in total. The van der Waals surface area contributed by atoms with Gasteiger partial charge in [-0.3, -0.25) is 4.79 Å². The summed E-state index contributed by atoms with van der Waals surface area (Å²) in [5.74, 6) is 0.300. The molecule has 0 radical (unpaired) electrons. The van der Waals surface area contributed by atoms with Gasteiger partial charge in [0, 0.05) is 5.56 Å². The molecule has 8 heteroatoms. The van der Waals surface area contributed by atoms with Crippen LogP contribution in [0.5, 0.6) is 0 Å². The van der Waals surface area contributed by atoms with Gasteiger partial charge >= 0.3 is 5.97 Å². The van der Waals surface area contributed by atoms with Crippen LogP contribution in [0, 0.1) is 0 Å². The number of furan rings is 1. The number of methoxy groups -OCH3 is 1. The number of hydrogen-bond acceptors (Lipinski definition) is 5. The topological polar surface area (TPSA) is 72.1 Å². The van der Waals surface area contributed by atoms with Gasteiger partial charge in [0.05, 0.1) is 39.7 Å². The van der Waals surface area contributed by atoms with Crippen LogP contribution in [0.4, 0.5) is 5.69 Å². The van der Waals surface area contributed by atoms with Gasteiger partial charge in [-0.1, -0.05) is 35.3 Å². The summed E-state index contributed by atoms with van der Waals surface area (Å²) >= 11 is 12.0. The van der Waals surface area contributed by atoms with E-state index in [1.165, 1.54) is 12.1 Å². The summed E-state index contributed by atoms with van der Waals surface area (Å²) < 4.78 is 10.6. The van der Waals surface area contributed by atoms with Crippen LogP contribution in [-0.2, 0) is 9.53 Å². The van der Waals surface area contributed by atoms with E-state index in [0.717, 1.165) is 0 Å². The molecule has 0 aliphatic carbocycles. The first-order valence-corrected chi connectivity index (χ1v) is 9.98. The third-order valence-electron chi connectivity index (χ3n) is 4.69. The summed E-state index contributed by atoms with van der Waals surface area (Å²) in [7, 11) is 1.33. The number of esters is 1. The molecule has 0 saturated heterocycles. The number of rotatable bonds is 4. The van der Waals surface area contributed by atoms with Crippen LogP contribution in [0.1, 0.15) is 23.0 Å². The third kappa shape index (κ3) is 4.13. The summed E-state index contributed by atoms with van der Waals surface area (Å²) in [4.78, 5) is 24.7. The fourth-order valence-electron chi connectivity index (χ4n) is 3.12. The Balaban J connectivity index is 1.61. The molecule has 0 spiro atoms. The molecule has 0 atom stereocenters. The summed E-state index contributed by atoms with van der Waals surface area (Å²) in [5.41, 5.74) is 2.59. The lowest BCUT2D eigenvalue weighted by Crippen LogP contribution is -2.21. The van der Waals surface area contributed by atoms with Gasteiger partial charge in [0.1, 0.15) is 11.5 Å². The monoisotopic (exact) mass is 454 g/mol. The Kier molecular flexibility index (Phi) is 5.67. The molecule has 0 fully saturated rings. The Labute approximate surface area is 188 Å². The van der Waals surface area contributed by atoms with Crippen LogP contribution in [0.15, 0.2) is 69.7 Å². The Bertz CT molecular complexity index is 1260. The van der Waals surface area contributed by atoms with Crippen LogP contribution in [0.2, 0.25) is 10.0 Å². The number of anilines is 1. The minimum absolute atomic E-state index is 0.304. The maximum Gasteiger partial charge on any atom is 0.337 e. The lowest BCUT2D eigenvalue weighted by Gasteiger charge is -2.12. The molecule has 4 rings (SSSR count). The second-order valence-electron chi connectivity index (χ2n) is 6.73. The zero-order valence-corrected chi connectivity index (χ0v) is 18.1. The first kappa shape index (κ1) is 20.9. The first-order chi connectivity index (χ1) is 14.9. The van der Waals surface area contributed by atoms with Gasteiger partial charge in [-0.2, -0.15) is 10.1 Å². The second-order valence-corrected chi connectivity index (χ2v) is 7.55. The lowest BCUT2D eigenvalue weighted by atomic mass is 10.1. The number of hydrazone groups is 1. The van der Waals surface area contributed by atoms with E-state index in [2.05, 4.69) is 5.10 Å². The van der Waals surface area contributed by atoms with Crippen molar-refractivity contribution >= 4 is 52.6 Å². The second kappa shape index (κ2) is 8.41. The van der Waals surface area contributed by atoms with E-state index in [1.807, 2.05) is 6.07 Å². The number of hydrogen-bond donors (Lipinski definition) is 0. The Morgan fingerprint density at radius 1 is 1.10 bits per heavy atom. The number of carbonyl (C=O) groups excluding carboxylic acids is 2. The maximum absolute atomic E-state index is 12.9. The normalized spacial score (nSPS) is 14.8. The van der Waals surface area contributed by atoms with Crippen molar-refractivity contribution in [3.8, 4) is 11.3 Å². The summed E-state index contributed by atoms with van der Waals surface area (Å²) in [6.07, 6.45) is 1.63. The van der Waals surface area contributed by atoms with Crippen molar-refractivity contribution in [2.24, 2.45) is 5.10 Å². The quantitative estimate of drug-likeness (QED) is 0.366. The molecule has 0 saturated carbocycles. The van der Waals surface area contributed by atoms with Crippen LogP contribution in [0.3, 0.4) is 0 Å². The van der Waals surface area contributed by atoms with Crippen molar-refractivity contribution in [1.29, 1.82) is 0 Å².